The Bertz CT molecular complexity index is 673. The number of hydrogen-bond acceptors (Lipinski definition) is 10. The lowest BCUT2D eigenvalue weighted by Crippen LogP contribution is -2.36. The molecule has 1 aliphatic heterocycles. The van der Waals surface area contributed by atoms with Gasteiger partial charge in [0, 0.05) is 6.20 Å². The molecule has 2 heterocycles. The summed E-state index contributed by atoms with van der Waals surface area (Å²) in [6, 6.07) is 1.34. The predicted molar refractivity (Wildman–Crippen MR) is 85.6 cm³/mol. The molecular formula is C13H22N3O8P. The molecule has 142 valence electrons. The molecule has 0 aromatic carbocycles. The second-order valence-corrected chi connectivity index (χ2v) is 7.16. The molecule has 1 aromatic rings. The van der Waals surface area contributed by atoms with Gasteiger partial charge in [0.05, 0.1) is 13.2 Å². The van der Waals surface area contributed by atoms with Crippen molar-refractivity contribution < 1.29 is 33.3 Å². The number of anilines is 1. The normalized spacial score (nSPS) is 26.9. The van der Waals surface area contributed by atoms with Crippen LogP contribution < -0.4 is 11.4 Å². The molecule has 4 unspecified atom stereocenters. The number of nitrogen functional groups attached to an aromatic ring is 1. The van der Waals surface area contributed by atoms with Gasteiger partial charge in [-0.3, -0.25) is 9.13 Å². The van der Waals surface area contributed by atoms with Crippen LogP contribution in [0.25, 0.3) is 0 Å². The number of rotatable bonds is 8. The van der Waals surface area contributed by atoms with Crippen molar-refractivity contribution in [3.63, 3.8) is 0 Å². The zero-order chi connectivity index (χ0) is 18.6. The number of aliphatic hydroxyl groups is 2. The van der Waals surface area contributed by atoms with Crippen molar-refractivity contribution in [3.05, 3.63) is 22.7 Å². The molecule has 1 fully saturated rings. The maximum atomic E-state index is 12.4. The van der Waals surface area contributed by atoms with Crippen molar-refractivity contribution >= 4 is 13.4 Å². The Balaban J connectivity index is 2.09. The second-order valence-electron chi connectivity index (χ2n) is 5.16. The van der Waals surface area contributed by atoms with Crippen LogP contribution in [0.5, 0.6) is 0 Å². The number of nitrogens with two attached hydrogens (primary N) is 1. The van der Waals surface area contributed by atoms with Crippen molar-refractivity contribution in [3.8, 4) is 0 Å². The fraction of sp³-hybridized carbons (Fsp3) is 0.692. The minimum absolute atomic E-state index is 0.0106. The summed E-state index contributed by atoms with van der Waals surface area (Å²) in [5.74, 6) is 0.0106. The monoisotopic (exact) mass is 379 g/mol. The standard InChI is InChI=1S/C13H22N3O8P/c1-3-22-25(20,23-4-2)7-21-12-10(18)9(17)11(24-12)16-6-5-8(14)15-13(16)19/h5-6,9-12,17-18H,3-4,7H2,1-2H3,(H2,14,15,19). The van der Waals surface area contributed by atoms with Gasteiger partial charge in [0.1, 0.15) is 18.0 Å². The van der Waals surface area contributed by atoms with Crippen LogP contribution in [0.15, 0.2) is 17.1 Å². The zero-order valence-electron chi connectivity index (χ0n) is 13.8. The molecule has 0 spiro atoms. The van der Waals surface area contributed by atoms with E-state index < -0.39 is 44.4 Å². The fourth-order valence-electron chi connectivity index (χ4n) is 2.29. The molecule has 25 heavy (non-hydrogen) atoms. The number of nitrogens with zero attached hydrogens (tertiary/aromatic N) is 2. The van der Waals surface area contributed by atoms with E-state index in [2.05, 4.69) is 4.98 Å². The number of hydrogen-bond donors (Lipinski definition) is 3. The highest BCUT2D eigenvalue weighted by Gasteiger charge is 2.46. The van der Waals surface area contributed by atoms with Crippen molar-refractivity contribution in [2.75, 3.05) is 25.3 Å². The lowest BCUT2D eigenvalue weighted by molar-refractivity contribution is -0.169. The Morgan fingerprint density at radius 2 is 1.96 bits per heavy atom. The first-order valence-corrected chi connectivity index (χ1v) is 9.40. The van der Waals surface area contributed by atoms with E-state index >= 15 is 0 Å². The summed E-state index contributed by atoms with van der Waals surface area (Å²) >= 11 is 0. The molecule has 4 N–H and O–H groups in total. The van der Waals surface area contributed by atoms with E-state index in [-0.39, 0.29) is 19.0 Å². The first-order chi connectivity index (χ1) is 11.8. The van der Waals surface area contributed by atoms with Crippen LogP contribution in [0.1, 0.15) is 20.1 Å². The number of ether oxygens (including phenoxy) is 2. The third kappa shape index (κ3) is 4.64. The maximum Gasteiger partial charge on any atom is 0.356 e. The van der Waals surface area contributed by atoms with Gasteiger partial charge < -0.3 is 34.5 Å². The van der Waals surface area contributed by atoms with Gasteiger partial charge in [-0.15, -0.1) is 0 Å². The molecule has 0 aliphatic carbocycles. The zero-order valence-corrected chi connectivity index (χ0v) is 14.7. The predicted octanol–water partition coefficient (Wildman–Crippen LogP) is -0.358. The molecule has 0 radical (unpaired) electrons. The third-order valence-corrected chi connectivity index (χ3v) is 5.14. The molecule has 2 rings (SSSR count). The largest absolute Gasteiger partial charge is 0.385 e. The molecule has 1 saturated heterocycles. The minimum Gasteiger partial charge on any atom is -0.385 e. The Morgan fingerprint density at radius 3 is 2.52 bits per heavy atom. The highest BCUT2D eigenvalue weighted by Crippen LogP contribution is 2.48. The van der Waals surface area contributed by atoms with Gasteiger partial charge in [0.15, 0.2) is 18.9 Å². The van der Waals surface area contributed by atoms with E-state index in [9.17, 15) is 19.6 Å². The summed E-state index contributed by atoms with van der Waals surface area (Å²) in [4.78, 5) is 15.4. The highest BCUT2D eigenvalue weighted by molar-refractivity contribution is 7.53. The van der Waals surface area contributed by atoms with Crippen LogP contribution in [0.3, 0.4) is 0 Å². The average Bonchev–Trinajstić information content (AvgIpc) is 2.82. The first-order valence-electron chi connectivity index (χ1n) is 7.67. The van der Waals surface area contributed by atoms with E-state index in [1.165, 1.54) is 12.3 Å². The van der Waals surface area contributed by atoms with E-state index in [0.717, 1.165) is 4.57 Å². The Labute approximate surface area is 143 Å². The van der Waals surface area contributed by atoms with Gasteiger partial charge in [0.25, 0.3) is 0 Å². The van der Waals surface area contributed by atoms with Crippen LogP contribution in [-0.2, 0) is 23.1 Å². The van der Waals surface area contributed by atoms with Crippen molar-refractivity contribution in [1.82, 2.24) is 9.55 Å². The van der Waals surface area contributed by atoms with Gasteiger partial charge in [-0.25, -0.2) is 4.79 Å². The summed E-state index contributed by atoms with van der Waals surface area (Å²) in [5.41, 5.74) is 4.65. The van der Waals surface area contributed by atoms with Crippen molar-refractivity contribution in [2.45, 2.75) is 38.6 Å². The number of aliphatic hydroxyl groups excluding tert-OH is 2. The van der Waals surface area contributed by atoms with Gasteiger partial charge in [-0.1, -0.05) is 0 Å². The van der Waals surface area contributed by atoms with E-state index in [0.29, 0.717) is 0 Å². The Hall–Kier alpha value is -1.33. The smallest absolute Gasteiger partial charge is 0.356 e. The molecular weight excluding hydrogens is 357 g/mol. The number of aromatic nitrogens is 2. The molecule has 4 atom stereocenters. The minimum atomic E-state index is -3.52. The Kier molecular flexibility index (Phi) is 6.69. The molecule has 0 saturated carbocycles. The molecule has 12 heteroatoms. The highest BCUT2D eigenvalue weighted by atomic mass is 31.2. The first kappa shape index (κ1) is 20.0. The van der Waals surface area contributed by atoms with Crippen molar-refractivity contribution in [1.29, 1.82) is 0 Å². The lowest BCUT2D eigenvalue weighted by atomic mass is 10.2. The third-order valence-electron chi connectivity index (χ3n) is 3.37. The molecule has 1 aromatic heterocycles. The van der Waals surface area contributed by atoms with Crippen molar-refractivity contribution in [2.24, 2.45) is 0 Å². The van der Waals surface area contributed by atoms with Crippen LogP contribution in [0.4, 0.5) is 5.82 Å². The van der Waals surface area contributed by atoms with Gasteiger partial charge >= 0.3 is 13.3 Å². The van der Waals surface area contributed by atoms with E-state index in [4.69, 9.17) is 24.3 Å². The van der Waals surface area contributed by atoms with E-state index in [1.807, 2.05) is 0 Å². The van der Waals surface area contributed by atoms with Crippen LogP contribution in [0.2, 0.25) is 0 Å². The van der Waals surface area contributed by atoms with Crippen LogP contribution >= 0.6 is 7.60 Å². The summed E-state index contributed by atoms with van der Waals surface area (Å²) in [6.07, 6.45) is -4.72. The molecule has 0 amide bonds. The van der Waals surface area contributed by atoms with Gasteiger partial charge in [-0.05, 0) is 19.9 Å². The molecule has 1 aliphatic rings. The van der Waals surface area contributed by atoms with Crippen LogP contribution in [-0.4, -0.2) is 57.8 Å². The fourth-order valence-corrected chi connectivity index (χ4v) is 3.63. The summed E-state index contributed by atoms with van der Waals surface area (Å²) in [5, 5.41) is 20.2. The van der Waals surface area contributed by atoms with Gasteiger partial charge in [0.2, 0.25) is 0 Å². The lowest BCUT2D eigenvalue weighted by Gasteiger charge is -2.20. The molecule has 11 nitrogen and oxygen atoms in total. The maximum absolute atomic E-state index is 12.4. The van der Waals surface area contributed by atoms with Gasteiger partial charge in [-0.2, -0.15) is 4.98 Å². The van der Waals surface area contributed by atoms with E-state index in [1.54, 1.807) is 13.8 Å². The summed E-state index contributed by atoms with van der Waals surface area (Å²) < 4.78 is 34.1. The quantitative estimate of drug-likeness (QED) is 0.510. The average molecular weight is 379 g/mol. The van der Waals surface area contributed by atoms with Crippen LogP contribution in [0, 0.1) is 0 Å². The SMILES string of the molecule is CCOP(=O)(COC1OC(n2ccc(N)nc2=O)C(O)C1O)OCC. The Morgan fingerprint density at radius 1 is 1.32 bits per heavy atom. The molecule has 0 bridgehead atoms. The second kappa shape index (κ2) is 8.37. The summed E-state index contributed by atoms with van der Waals surface area (Å²) in [7, 11) is -3.52. The topological polar surface area (TPSA) is 155 Å². The summed E-state index contributed by atoms with van der Waals surface area (Å²) in [6.45, 7) is 3.58.